The largest absolute Gasteiger partial charge is 0.466 e. The van der Waals surface area contributed by atoms with Crippen molar-refractivity contribution < 1.29 is 14.3 Å². The number of esters is 1. The van der Waals surface area contributed by atoms with Gasteiger partial charge in [0.25, 0.3) is 0 Å². The Labute approximate surface area is 114 Å². The highest BCUT2D eigenvalue weighted by molar-refractivity contribution is 5.94. The second-order valence-corrected chi connectivity index (χ2v) is 4.54. The van der Waals surface area contributed by atoms with Gasteiger partial charge in [-0.25, -0.2) is 0 Å². The van der Waals surface area contributed by atoms with Gasteiger partial charge in [0.2, 0.25) is 5.91 Å². The standard InChI is InChI=1S/C15H21NO3/c1-4-19-15(18)11-14(17)16(3)9-8-13-7-5-6-12(2)10-13/h5-7,10H,4,8-9,11H2,1-3H3. The summed E-state index contributed by atoms with van der Waals surface area (Å²) in [7, 11) is 1.71. The van der Waals surface area contributed by atoms with Crippen LogP contribution in [0.15, 0.2) is 24.3 Å². The maximum Gasteiger partial charge on any atom is 0.315 e. The number of aryl methyl sites for hydroxylation is 1. The third-order valence-electron chi connectivity index (χ3n) is 2.85. The lowest BCUT2D eigenvalue weighted by molar-refractivity contribution is -0.148. The van der Waals surface area contributed by atoms with Crippen LogP contribution in [0.1, 0.15) is 24.5 Å². The molecule has 0 bridgehead atoms. The number of hydrogen-bond acceptors (Lipinski definition) is 3. The molecule has 0 fully saturated rings. The molecule has 0 aliphatic heterocycles. The molecule has 19 heavy (non-hydrogen) atoms. The van der Waals surface area contributed by atoms with Crippen LogP contribution in [0.3, 0.4) is 0 Å². The number of likely N-dealkylation sites (N-methyl/N-ethyl adjacent to an activating group) is 1. The van der Waals surface area contributed by atoms with Crippen molar-refractivity contribution in [1.82, 2.24) is 4.90 Å². The van der Waals surface area contributed by atoms with Crippen molar-refractivity contribution in [2.45, 2.75) is 26.7 Å². The first-order valence-electron chi connectivity index (χ1n) is 6.48. The van der Waals surface area contributed by atoms with Gasteiger partial charge in [0.05, 0.1) is 6.61 Å². The van der Waals surface area contributed by atoms with E-state index in [4.69, 9.17) is 4.74 Å². The molecule has 4 nitrogen and oxygen atoms in total. The zero-order valence-corrected chi connectivity index (χ0v) is 11.8. The van der Waals surface area contributed by atoms with Gasteiger partial charge in [-0.15, -0.1) is 0 Å². The summed E-state index contributed by atoms with van der Waals surface area (Å²) in [6.45, 7) is 4.67. The zero-order valence-electron chi connectivity index (χ0n) is 11.8. The summed E-state index contributed by atoms with van der Waals surface area (Å²) in [6, 6.07) is 8.19. The zero-order chi connectivity index (χ0) is 14.3. The smallest absolute Gasteiger partial charge is 0.315 e. The van der Waals surface area contributed by atoms with E-state index in [0.29, 0.717) is 13.2 Å². The van der Waals surface area contributed by atoms with Crippen molar-refractivity contribution in [1.29, 1.82) is 0 Å². The van der Waals surface area contributed by atoms with Crippen LogP contribution in [0.5, 0.6) is 0 Å². The quantitative estimate of drug-likeness (QED) is 0.582. The number of hydrogen-bond donors (Lipinski definition) is 0. The predicted octanol–water partition coefficient (Wildman–Crippen LogP) is 1.95. The highest BCUT2D eigenvalue weighted by Crippen LogP contribution is 2.05. The van der Waals surface area contributed by atoms with E-state index in [1.807, 2.05) is 25.1 Å². The van der Waals surface area contributed by atoms with Gasteiger partial charge in [-0.05, 0) is 25.8 Å². The summed E-state index contributed by atoms with van der Waals surface area (Å²) in [4.78, 5) is 24.5. The highest BCUT2D eigenvalue weighted by atomic mass is 16.5. The van der Waals surface area contributed by atoms with Gasteiger partial charge in [0, 0.05) is 13.6 Å². The summed E-state index contributed by atoms with van der Waals surface area (Å²) >= 11 is 0. The van der Waals surface area contributed by atoms with Crippen LogP contribution in [0.25, 0.3) is 0 Å². The van der Waals surface area contributed by atoms with Gasteiger partial charge in [0.15, 0.2) is 0 Å². The highest BCUT2D eigenvalue weighted by Gasteiger charge is 2.14. The number of ether oxygens (including phenoxy) is 1. The third kappa shape index (κ3) is 5.55. The van der Waals surface area contributed by atoms with E-state index >= 15 is 0 Å². The van der Waals surface area contributed by atoms with Crippen LogP contribution in [0.2, 0.25) is 0 Å². The Morgan fingerprint density at radius 2 is 2.05 bits per heavy atom. The van der Waals surface area contributed by atoms with Gasteiger partial charge in [-0.1, -0.05) is 29.8 Å². The summed E-state index contributed by atoms with van der Waals surface area (Å²) in [5.41, 5.74) is 2.40. The lowest BCUT2D eigenvalue weighted by Crippen LogP contribution is -2.31. The minimum Gasteiger partial charge on any atom is -0.466 e. The fraction of sp³-hybridized carbons (Fsp3) is 0.467. The molecule has 0 heterocycles. The van der Waals surface area contributed by atoms with Crippen molar-refractivity contribution >= 4 is 11.9 Å². The maximum atomic E-state index is 11.7. The molecule has 1 rings (SSSR count). The third-order valence-corrected chi connectivity index (χ3v) is 2.85. The Morgan fingerprint density at radius 3 is 2.68 bits per heavy atom. The second-order valence-electron chi connectivity index (χ2n) is 4.54. The second kappa shape index (κ2) is 7.56. The molecule has 4 heteroatoms. The van der Waals surface area contributed by atoms with E-state index in [1.165, 1.54) is 11.1 Å². The fourth-order valence-electron chi connectivity index (χ4n) is 1.76. The van der Waals surface area contributed by atoms with E-state index in [2.05, 4.69) is 6.07 Å². The van der Waals surface area contributed by atoms with Crippen molar-refractivity contribution in [2.24, 2.45) is 0 Å². The predicted molar refractivity (Wildman–Crippen MR) is 73.8 cm³/mol. The number of carbonyl (C=O) groups is 2. The average Bonchev–Trinajstić information content (AvgIpc) is 2.36. The molecule has 1 aromatic rings. The molecule has 0 saturated carbocycles. The molecule has 104 valence electrons. The summed E-state index contributed by atoms with van der Waals surface area (Å²) in [5.74, 6) is -0.666. The molecule has 1 amide bonds. The molecular weight excluding hydrogens is 242 g/mol. The first-order chi connectivity index (χ1) is 9.02. The Kier molecular flexibility index (Phi) is 6.06. The first-order valence-corrected chi connectivity index (χ1v) is 6.48. The maximum absolute atomic E-state index is 11.7. The van der Waals surface area contributed by atoms with Crippen LogP contribution in [0.4, 0.5) is 0 Å². The van der Waals surface area contributed by atoms with Gasteiger partial charge in [-0.2, -0.15) is 0 Å². The van der Waals surface area contributed by atoms with Gasteiger partial charge < -0.3 is 9.64 Å². The lowest BCUT2D eigenvalue weighted by Gasteiger charge is -2.16. The number of benzene rings is 1. The molecule has 1 aromatic carbocycles. The molecule has 0 N–H and O–H groups in total. The fourth-order valence-corrected chi connectivity index (χ4v) is 1.76. The van der Waals surface area contributed by atoms with Crippen molar-refractivity contribution in [2.75, 3.05) is 20.2 Å². The SMILES string of the molecule is CCOC(=O)CC(=O)N(C)CCc1cccc(C)c1. The van der Waals surface area contributed by atoms with Crippen LogP contribution < -0.4 is 0 Å². The van der Waals surface area contributed by atoms with Gasteiger partial charge >= 0.3 is 5.97 Å². The number of carbonyl (C=O) groups excluding carboxylic acids is 2. The van der Waals surface area contributed by atoms with E-state index in [0.717, 1.165) is 6.42 Å². The molecule has 0 aromatic heterocycles. The first kappa shape index (κ1) is 15.2. The van der Waals surface area contributed by atoms with Crippen LogP contribution >= 0.6 is 0 Å². The molecule has 0 aliphatic rings. The van der Waals surface area contributed by atoms with E-state index in [9.17, 15) is 9.59 Å². The monoisotopic (exact) mass is 263 g/mol. The minimum atomic E-state index is -0.463. The summed E-state index contributed by atoms with van der Waals surface area (Å²) in [6.07, 6.45) is 0.602. The van der Waals surface area contributed by atoms with Crippen LogP contribution in [-0.2, 0) is 20.7 Å². The van der Waals surface area contributed by atoms with Crippen molar-refractivity contribution in [3.05, 3.63) is 35.4 Å². The molecule has 0 radical (unpaired) electrons. The van der Waals surface area contributed by atoms with E-state index in [1.54, 1.807) is 18.9 Å². The summed E-state index contributed by atoms with van der Waals surface area (Å²) < 4.78 is 4.75. The number of amides is 1. The van der Waals surface area contributed by atoms with Crippen LogP contribution in [-0.4, -0.2) is 37.0 Å². The Morgan fingerprint density at radius 1 is 1.32 bits per heavy atom. The molecular formula is C15H21NO3. The van der Waals surface area contributed by atoms with Gasteiger partial charge in [0.1, 0.15) is 6.42 Å². The number of nitrogens with zero attached hydrogens (tertiary/aromatic N) is 1. The molecule has 0 aliphatic carbocycles. The van der Waals surface area contributed by atoms with Crippen molar-refractivity contribution in [3.8, 4) is 0 Å². The molecule has 0 atom stereocenters. The summed E-state index contributed by atoms with van der Waals surface area (Å²) in [5, 5.41) is 0. The molecule has 0 saturated heterocycles. The van der Waals surface area contributed by atoms with Crippen molar-refractivity contribution in [3.63, 3.8) is 0 Å². The van der Waals surface area contributed by atoms with Gasteiger partial charge in [-0.3, -0.25) is 9.59 Å². The minimum absolute atomic E-state index is 0.182. The molecule has 0 spiro atoms. The Bertz CT molecular complexity index is 443. The van der Waals surface area contributed by atoms with E-state index < -0.39 is 5.97 Å². The number of rotatable bonds is 6. The topological polar surface area (TPSA) is 46.6 Å². The normalized spacial score (nSPS) is 10.1. The van der Waals surface area contributed by atoms with Crippen LogP contribution in [0, 0.1) is 6.92 Å². The lowest BCUT2D eigenvalue weighted by atomic mass is 10.1. The molecule has 0 unspecified atom stereocenters. The Balaban J connectivity index is 2.40. The average molecular weight is 263 g/mol. The Hall–Kier alpha value is -1.84. The van der Waals surface area contributed by atoms with E-state index in [-0.39, 0.29) is 12.3 Å².